The average Bonchev–Trinajstić information content (AvgIpc) is 3.37. The van der Waals surface area contributed by atoms with Gasteiger partial charge in [-0.1, -0.05) is 211 Å². The number of ether oxygens (including phenoxy) is 1. The fourth-order valence-electron chi connectivity index (χ4n) is 12.8. The molecule has 0 N–H and O–H groups in total. The van der Waals surface area contributed by atoms with Crippen molar-refractivity contribution in [1.29, 1.82) is 0 Å². The second-order valence-electron chi connectivity index (χ2n) is 23.6. The van der Waals surface area contributed by atoms with Gasteiger partial charge in [-0.25, -0.2) is 4.98 Å². The second-order valence-corrected chi connectivity index (χ2v) is 27.3. The molecule has 0 saturated heterocycles. The largest absolute Gasteiger partial charge is 0.457 e. The van der Waals surface area contributed by atoms with E-state index in [1.807, 2.05) is 6.20 Å². The molecule has 0 saturated carbocycles. The highest BCUT2D eigenvalue weighted by molar-refractivity contribution is 7.22. The lowest BCUT2D eigenvalue weighted by molar-refractivity contribution is 0.479. The topological polar surface area (TPSA) is 33.5 Å². The number of hydrogen-bond acceptors (Lipinski definition) is 4. The van der Waals surface area contributed by atoms with Crippen LogP contribution in [0.5, 0.6) is 11.5 Å². The van der Waals surface area contributed by atoms with Crippen molar-refractivity contribution < 1.29 is 4.74 Å². The third-order valence-corrected chi connectivity index (χ3v) is 21.5. The Kier molecular flexibility index (Phi) is 11.7. The third kappa shape index (κ3) is 8.07. The minimum Gasteiger partial charge on any atom is -0.457 e. The Morgan fingerprint density at radius 1 is 0.412 bits per heavy atom. The molecule has 0 aliphatic carbocycles. The lowest BCUT2D eigenvalue weighted by Crippen LogP contribution is -2.72. The number of nitrogens with zero attached hydrogens (tertiary/aromatic N) is 4. The molecule has 0 amide bonds. The molecule has 5 nitrogen and oxygen atoms in total. The van der Waals surface area contributed by atoms with Gasteiger partial charge in [0.1, 0.15) is 24.0 Å². The highest BCUT2D eigenvalue weighted by Crippen LogP contribution is 2.52. The molecule has 2 aromatic heterocycles. The number of benzene rings is 10. The Bertz CT molecular complexity index is 4240. The normalized spacial score (nSPS) is 13.6. The summed E-state index contributed by atoms with van der Waals surface area (Å²) < 4.78 is 9.54. The summed E-state index contributed by atoms with van der Waals surface area (Å²) in [6.07, 6.45) is 2.02. The number of anilines is 4. The summed E-state index contributed by atoms with van der Waals surface area (Å²) in [5, 5.41) is 7.79. The van der Waals surface area contributed by atoms with Gasteiger partial charge in [-0.05, 0) is 132 Å². The van der Waals surface area contributed by atoms with Crippen LogP contribution < -0.4 is 35.3 Å². The van der Waals surface area contributed by atoms with Crippen LogP contribution in [0, 0.1) is 0 Å². The number of fused-ring (bicyclic) bond motifs is 7. The van der Waals surface area contributed by atoms with Crippen molar-refractivity contribution in [2.24, 2.45) is 0 Å². The van der Waals surface area contributed by atoms with Crippen molar-refractivity contribution in [3.8, 4) is 50.7 Å². The number of pyridine rings is 1. The quantitative estimate of drug-likeness (QED) is 0.135. The van der Waals surface area contributed by atoms with E-state index in [1.165, 1.54) is 76.3 Å². The predicted octanol–water partition coefficient (Wildman–Crippen LogP) is 16.5. The molecule has 4 heterocycles. The van der Waals surface area contributed by atoms with Crippen molar-refractivity contribution >= 4 is 73.4 Å². The van der Waals surface area contributed by atoms with E-state index in [0.29, 0.717) is 6.67 Å². The highest BCUT2D eigenvalue weighted by Gasteiger charge is 2.48. The molecular formula is C74H62N4OSi. The van der Waals surface area contributed by atoms with Crippen LogP contribution in [-0.2, 0) is 10.8 Å². The Morgan fingerprint density at radius 2 is 0.950 bits per heavy atom. The maximum atomic E-state index is 7.20. The first kappa shape index (κ1) is 49.1. The first-order valence-electron chi connectivity index (χ1n) is 28.0. The van der Waals surface area contributed by atoms with Gasteiger partial charge in [0.25, 0.3) is 0 Å². The molecule has 2 aliphatic heterocycles. The van der Waals surface area contributed by atoms with Crippen molar-refractivity contribution in [2.75, 3.05) is 16.5 Å². The van der Waals surface area contributed by atoms with Gasteiger partial charge < -0.3 is 14.5 Å². The predicted molar refractivity (Wildman–Crippen MR) is 338 cm³/mol. The standard InChI is InChI=1S/C74H62N4OSi/c1-73(2,3)52-42-54(76-49-77(67-35-21-20-34-66(67)76)72-63(50-24-10-7-11-25-50)44-53(74(4,5)6)45-64(72)51-26-12-8-13-27-51)46-56(43-52)79-55-38-39-60-59-30-16-19-33-65(59)78(68(60)47-55)71-48-58(40-41-75-71)80(57-28-14-9-15-29-57)69-36-22-17-31-61(69)62-32-18-23-37-70(62)80/h7-48H,49H2,1-6H3. The highest BCUT2D eigenvalue weighted by atomic mass is 28.3. The Morgan fingerprint density at radius 3 is 1.59 bits per heavy atom. The molecule has 80 heavy (non-hydrogen) atoms. The van der Waals surface area contributed by atoms with Crippen LogP contribution >= 0.6 is 0 Å². The maximum absolute atomic E-state index is 7.20. The van der Waals surface area contributed by atoms with Gasteiger partial charge in [-0.15, -0.1) is 0 Å². The van der Waals surface area contributed by atoms with E-state index in [9.17, 15) is 0 Å². The van der Waals surface area contributed by atoms with Crippen molar-refractivity contribution in [2.45, 2.75) is 52.4 Å². The molecule has 6 heteroatoms. The van der Waals surface area contributed by atoms with Gasteiger partial charge in [0, 0.05) is 45.9 Å². The fraction of sp³-hybridized carbons (Fsp3) is 0.122. The molecule has 0 unspecified atom stereocenters. The maximum Gasteiger partial charge on any atom is 0.181 e. The molecule has 14 rings (SSSR count). The van der Waals surface area contributed by atoms with Crippen LogP contribution in [0.15, 0.2) is 255 Å². The van der Waals surface area contributed by atoms with Gasteiger partial charge in [0.2, 0.25) is 0 Å². The molecule has 2 aliphatic rings. The lowest BCUT2D eigenvalue weighted by Gasteiger charge is -2.31. The van der Waals surface area contributed by atoms with Crippen molar-refractivity contribution in [1.82, 2.24) is 9.55 Å². The molecule has 0 atom stereocenters. The fourth-order valence-corrected chi connectivity index (χ4v) is 17.9. The van der Waals surface area contributed by atoms with E-state index in [-0.39, 0.29) is 10.8 Å². The molecular weight excluding hydrogens is 989 g/mol. The van der Waals surface area contributed by atoms with Crippen LogP contribution in [0.2, 0.25) is 0 Å². The zero-order valence-corrected chi connectivity index (χ0v) is 47.2. The summed E-state index contributed by atoms with van der Waals surface area (Å²) in [7, 11) is -2.78. The summed E-state index contributed by atoms with van der Waals surface area (Å²) in [5.74, 6) is 2.42. The molecule has 388 valence electrons. The smallest absolute Gasteiger partial charge is 0.181 e. The molecule has 0 fully saturated rings. The number of aromatic nitrogens is 2. The number of rotatable bonds is 9. The number of hydrogen-bond donors (Lipinski definition) is 0. The monoisotopic (exact) mass is 1050 g/mol. The van der Waals surface area contributed by atoms with Crippen molar-refractivity contribution in [3.05, 3.63) is 266 Å². The van der Waals surface area contributed by atoms with Crippen molar-refractivity contribution in [3.63, 3.8) is 0 Å². The van der Waals surface area contributed by atoms with Gasteiger partial charge in [0.15, 0.2) is 8.07 Å². The zero-order valence-electron chi connectivity index (χ0n) is 46.2. The SMILES string of the molecule is CC(C)(C)c1cc(Oc2ccc3c4ccccc4n(-c4cc([Si]5(c6ccccc6)c6ccccc6-c6ccccc65)ccn4)c3c2)cc(N2CN(c3c(-c4ccccc4)cc(C(C)(C)C)cc3-c3ccccc3)c3ccccc32)c1. The van der Waals surface area contributed by atoms with E-state index < -0.39 is 8.07 Å². The van der Waals surface area contributed by atoms with Gasteiger partial charge in [-0.2, -0.15) is 0 Å². The molecule has 10 aromatic carbocycles. The minimum atomic E-state index is -2.78. The van der Waals surface area contributed by atoms with Crippen LogP contribution in [0.4, 0.5) is 22.7 Å². The first-order chi connectivity index (χ1) is 38.9. The van der Waals surface area contributed by atoms with Crippen LogP contribution in [0.3, 0.4) is 0 Å². The van der Waals surface area contributed by atoms with Crippen LogP contribution in [0.1, 0.15) is 52.7 Å². The number of para-hydroxylation sites is 3. The van der Waals surface area contributed by atoms with E-state index in [1.54, 1.807) is 0 Å². The molecule has 0 bridgehead atoms. The molecule has 12 aromatic rings. The lowest BCUT2D eigenvalue weighted by atomic mass is 9.82. The van der Waals surface area contributed by atoms with E-state index in [2.05, 4.69) is 305 Å². The van der Waals surface area contributed by atoms with E-state index >= 15 is 0 Å². The average molecular weight is 1050 g/mol. The first-order valence-corrected chi connectivity index (χ1v) is 30.0. The summed E-state index contributed by atoms with van der Waals surface area (Å²) in [5.41, 5.74) is 16.4. The summed E-state index contributed by atoms with van der Waals surface area (Å²) in [6.45, 7) is 14.4. The van der Waals surface area contributed by atoms with Crippen LogP contribution in [-0.4, -0.2) is 24.3 Å². The Labute approximate surface area is 470 Å². The van der Waals surface area contributed by atoms with Crippen LogP contribution in [0.25, 0.3) is 61.0 Å². The second kappa shape index (κ2) is 19.0. The summed E-state index contributed by atoms with van der Waals surface area (Å²) in [4.78, 5) is 10.2. The van der Waals surface area contributed by atoms with Gasteiger partial charge in [-0.3, -0.25) is 4.57 Å². The van der Waals surface area contributed by atoms with E-state index in [4.69, 9.17) is 9.72 Å². The van der Waals surface area contributed by atoms with Gasteiger partial charge >= 0.3 is 0 Å². The molecule has 0 spiro atoms. The zero-order chi connectivity index (χ0) is 54.3. The molecule has 0 radical (unpaired) electrons. The van der Waals surface area contributed by atoms with Gasteiger partial charge in [0.05, 0.1) is 28.1 Å². The minimum absolute atomic E-state index is 0.0726. The third-order valence-electron chi connectivity index (χ3n) is 16.7. The Balaban J connectivity index is 0.892. The Hall–Kier alpha value is -9.23. The summed E-state index contributed by atoms with van der Waals surface area (Å²) >= 11 is 0. The van der Waals surface area contributed by atoms with E-state index in [0.717, 1.165) is 50.8 Å². The summed E-state index contributed by atoms with van der Waals surface area (Å²) in [6, 6.07) is 91.5.